The molecule has 0 aliphatic heterocycles. The number of carbonyl (C=O) groups is 1. The van der Waals surface area contributed by atoms with E-state index in [-0.39, 0.29) is 0 Å². The maximum absolute atomic E-state index is 9.82. The molecule has 0 radical (unpaired) electrons. The fourth-order valence-electron chi connectivity index (χ4n) is 0.739. The minimum absolute atomic E-state index is 0.393. The summed E-state index contributed by atoms with van der Waals surface area (Å²) in [6.45, 7) is 0. The predicted octanol–water partition coefficient (Wildman–Crippen LogP) is 1.94. The number of methoxy groups -OCH3 is 1. The van der Waals surface area contributed by atoms with E-state index in [0.717, 1.165) is 5.75 Å². The molecule has 0 aliphatic carbocycles. The maximum atomic E-state index is 9.82. The lowest BCUT2D eigenvalue weighted by molar-refractivity contribution is -0.107. The average molecular weight is 164 g/mol. The molecule has 62 valence electrons. The lowest BCUT2D eigenvalue weighted by Crippen LogP contribution is -1.79. The molecule has 4 nitrogen and oxygen atoms in total. The molecule has 0 fully saturated rings. The van der Waals surface area contributed by atoms with Crippen molar-refractivity contribution in [1.82, 2.24) is 0 Å². The van der Waals surface area contributed by atoms with Crippen molar-refractivity contribution in [3.05, 3.63) is 24.3 Å². The summed E-state index contributed by atoms with van der Waals surface area (Å²) in [6, 6.07) is 6.93. The van der Waals surface area contributed by atoms with Crippen LogP contribution in [0.5, 0.6) is 5.75 Å². The van der Waals surface area contributed by atoms with Gasteiger partial charge in [-0.1, -0.05) is 0 Å². The number of amides is 1. The van der Waals surface area contributed by atoms with Crippen molar-refractivity contribution < 1.29 is 9.53 Å². The zero-order valence-electron chi connectivity index (χ0n) is 6.60. The number of ether oxygens (including phenoxy) is 1. The molecular formula is C8H8N2O2. The SMILES string of the molecule is COc1ccc(N=NC=O)cc1. The van der Waals surface area contributed by atoms with E-state index in [1.807, 2.05) is 0 Å². The number of nitrogens with zero attached hydrogens (tertiary/aromatic N) is 2. The monoisotopic (exact) mass is 164 g/mol. The number of hydrogen-bond donors (Lipinski definition) is 0. The van der Waals surface area contributed by atoms with E-state index in [4.69, 9.17) is 4.74 Å². The van der Waals surface area contributed by atoms with E-state index in [0.29, 0.717) is 12.1 Å². The van der Waals surface area contributed by atoms with Crippen LogP contribution in [0.1, 0.15) is 0 Å². The molecule has 0 unspecified atom stereocenters. The van der Waals surface area contributed by atoms with Gasteiger partial charge in [-0.3, -0.25) is 4.79 Å². The normalized spacial score (nSPS) is 10.1. The molecule has 4 heteroatoms. The number of benzene rings is 1. The Balaban J connectivity index is 2.77. The standard InChI is InChI=1S/C8H8N2O2/c1-12-8-4-2-7(3-5-8)10-9-6-11/h2-6H,1H3. The van der Waals surface area contributed by atoms with Gasteiger partial charge in [0.05, 0.1) is 12.8 Å². The molecule has 12 heavy (non-hydrogen) atoms. The fraction of sp³-hybridized carbons (Fsp3) is 0.125. The summed E-state index contributed by atoms with van der Waals surface area (Å²) in [5.74, 6) is 0.750. The largest absolute Gasteiger partial charge is 0.497 e. The highest BCUT2D eigenvalue weighted by Gasteiger charge is 1.90. The quantitative estimate of drug-likeness (QED) is 0.506. The Bertz CT molecular complexity index is 280. The van der Waals surface area contributed by atoms with Gasteiger partial charge in [0.2, 0.25) is 0 Å². The molecule has 1 aromatic carbocycles. The summed E-state index contributed by atoms with van der Waals surface area (Å²) < 4.78 is 4.93. The van der Waals surface area contributed by atoms with Gasteiger partial charge in [-0.2, -0.15) is 0 Å². The van der Waals surface area contributed by atoms with Crippen LogP contribution in [0.2, 0.25) is 0 Å². The third-order valence-electron chi connectivity index (χ3n) is 1.29. The second-order valence-corrected chi connectivity index (χ2v) is 2.02. The van der Waals surface area contributed by atoms with E-state index in [9.17, 15) is 4.79 Å². The zero-order valence-corrected chi connectivity index (χ0v) is 6.60. The number of hydrogen-bond acceptors (Lipinski definition) is 3. The molecule has 0 aromatic heterocycles. The Morgan fingerprint density at radius 3 is 2.50 bits per heavy atom. The molecule has 0 bridgehead atoms. The van der Waals surface area contributed by atoms with E-state index in [1.165, 1.54) is 0 Å². The first kappa shape index (κ1) is 8.39. The summed E-state index contributed by atoms with van der Waals surface area (Å²) in [7, 11) is 1.59. The first-order chi connectivity index (χ1) is 5.86. The van der Waals surface area contributed by atoms with Gasteiger partial charge in [-0.15, -0.1) is 10.2 Å². The van der Waals surface area contributed by atoms with Crippen LogP contribution < -0.4 is 4.74 Å². The fourth-order valence-corrected chi connectivity index (χ4v) is 0.739. The van der Waals surface area contributed by atoms with Crippen molar-refractivity contribution in [3.63, 3.8) is 0 Å². The predicted molar refractivity (Wildman–Crippen MR) is 43.6 cm³/mol. The molecule has 0 N–H and O–H groups in total. The van der Waals surface area contributed by atoms with E-state index in [1.54, 1.807) is 31.4 Å². The Morgan fingerprint density at radius 2 is 2.00 bits per heavy atom. The summed E-state index contributed by atoms with van der Waals surface area (Å²) >= 11 is 0. The van der Waals surface area contributed by atoms with Crippen LogP contribution in [-0.4, -0.2) is 13.5 Å². The number of rotatable bonds is 3. The van der Waals surface area contributed by atoms with Gasteiger partial charge in [-0.05, 0) is 24.3 Å². The second kappa shape index (κ2) is 4.23. The van der Waals surface area contributed by atoms with Crippen molar-refractivity contribution in [3.8, 4) is 5.75 Å². The average Bonchev–Trinajstić information content (AvgIpc) is 2.15. The highest BCUT2D eigenvalue weighted by Crippen LogP contribution is 2.17. The lowest BCUT2D eigenvalue weighted by Gasteiger charge is -1.97. The number of carbonyl (C=O) groups excluding carboxylic acids is 1. The van der Waals surface area contributed by atoms with Crippen LogP contribution in [0.4, 0.5) is 5.69 Å². The summed E-state index contributed by atoms with van der Waals surface area (Å²) in [5.41, 5.74) is 0.628. The highest BCUT2D eigenvalue weighted by molar-refractivity contribution is 5.48. The van der Waals surface area contributed by atoms with Gasteiger partial charge in [0.15, 0.2) is 0 Å². The molecular weight excluding hydrogens is 156 g/mol. The van der Waals surface area contributed by atoms with Crippen LogP contribution in [0.3, 0.4) is 0 Å². The van der Waals surface area contributed by atoms with Gasteiger partial charge in [0, 0.05) is 0 Å². The summed E-state index contributed by atoms with van der Waals surface area (Å²) in [6.07, 6.45) is 0.393. The minimum Gasteiger partial charge on any atom is -0.497 e. The Kier molecular flexibility index (Phi) is 2.95. The Hall–Kier alpha value is -1.71. The Morgan fingerprint density at radius 1 is 1.33 bits per heavy atom. The maximum Gasteiger partial charge on any atom is 0.252 e. The topological polar surface area (TPSA) is 51.0 Å². The number of azo groups is 1. The van der Waals surface area contributed by atoms with Crippen molar-refractivity contribution in [2.75, 3.05) is 7.11 Å². The van der Waals surface area contributed by atoms with E-state index < -0.39 is 0 Å². The third kappa shape index (κ3) is 2.16. The molecule has 1 rings (SSSR count). The lowest BCUT2D eigenvalue weighted by atomic mass is 10.3. The van der Waals surface area contributed by atoms with Crippen molar-refractivity contribution >= 4 is 12.1 Å². The molecule has 0 heterocycles. The van der Waals surface area contributed by atoms with Crippen molar-refractivity contribution in [2.24, 2.45) is 10.2 Å². The molecule has 0 spiro atoms. The molecule has 0 saturated heterocycles. The van der Waals surface area contributed by atoms with Gasteiger partial charge in [0.25, 0.3) is 6.41 Å². The van der Waals surface area contributed by atoms with Crippen LogP contribution in [0.25, 0.3) is 0 Å². The van der Waals surface area contributed by atoms with Crippen LogP contribution in [-0.2, 0) is 4.79 Å². The first-order valence-electron chi connectivity index (χ1n) is 3.35. The zero-order chi connectivity index (χ0) is 8.81. The molecule has 1 aromatic rings. The summed E-state index contributed by atoms with van der Waals surface area (Å²) in [5, 5.41) is 6.80. The molecule has 0 aliphatic rings. The minimum atomic E-state index is 0.393. The van der Waals surface area contributed by atoms with Gasteiger partial charge >= 0.3 is 0 Å². The van der Waals surface area contributed by atoms with Crippen LogP contribution in [0.15, 0.2) is 34.5 Å². The Labute approximate surface area is 69.9 Å². The van der Waals surface area contributed by atoms with E-state index in [2.05, 4.69) is 10.2 Å². The third-order valence-corrected chi connectivity index (χ3v) is 1.29. The second-order valence-electron chi connectivity index (χ2n) is 2.02. The van der Waals surface area contributed by atoms with Gasteiger partial charge < -0.3 is 4.74 Å². The van der Waals surface area contributed by atoms with Crippen LogP contribution >= 0.6 is 0 Å². The van der Waals surface area contributed by atoms with Gasteiger partial charge in [0.1, 0.15) is 5.75 Å². The highest BCUT2D eigenvalue weighted by atomic mass is 16.5. The van der Waals surface area contributed by atoms with Gasteiger partial charge in [-0.25, -0.2) is 0 Å². The van der Waals surface area contributed by atoms with Crippen LogP contribution in [0, 0.1) is 0 Å². The smallest absolute Gasteiger partial charge is 0.252 e. The summed E-state index contributed by atoms with van der Waals surface area (Å²) in [4.78, 5) is 9.82. The van der Waals surface area contributed by atoms with E-state index >= 15 is 0 Å². The first-order valence-corrected chi connectivity index (χ1v) is 3.35. The molecule has 1 amide bonds. The van der Waals surface area contributed by atoms with Crippen molar-refractivity contribution in [2.45, 2.75) is 0 Å². The molecule has 0 atom stereocenters. The van der Waals surface area contributed by atoms with Crippen molar-refractivity contribution in [1.29, 1.82) is 0 Å². The molecule has 0 saturated carbocycles.